The third kappa shape index (κ3) is 4.58. The van der Waals surface area contributed by atoms with Gasteiger partial charge in [0.25, 0.3) is 5.91 Å². The van der Waals surface area contributed by atoms with Gasteiger partial charge in [0.2, 0.25) is 0 Å². The molecule has 2 N–H and O–H groups in total. The molecule has 1 aliphatic rings. The van der Waals surface area contributed by atoms with E-state index in [1.54, 1.807) is 6.07 Å². The fraction of sp³-hybridized carbons (Fsp3) is 0.350. The standard InChI is InChI=1S/C20H21F2NO3/c21-20(22)26-18-9-5-4-8-16(18)19(25)23-17(14-11-15(24)12-14)10-13-6-2-1-3-7-13/h1-9,14-15,17,20,24H,10-12H2,(H,23,25)/t14?,15?,17-/m0/s1. The van der Waals surface area contributed by atoms with Crippen molar-refractivity contribution in [1.82, 2.24) is 5.32 Å². The summed E-state index contributed by atoms with van der Waals surface area (Å²) >= 11 is 0. The Balaban J connectivity index is 1.75. The Labute approximate surface area is 150 Å². The molecule has 1 amide bonds. The number of ether oxygens (including phenoxy) is 1. The second-order valence-electron chi connectivity index (χ2n) is 6.53. The van der Waals surface area contributed by atoms with Gasteiger partial charge in [0.15, 0.2) is 0 Å². The zero-order valence-corrected chi connectivity index (χ0v) is 14.1. The number of carbonyl (C=O) groups excluding carboxylic acids is 1. The van der Waals surface area contributed by atoms with Crippen LogP contribution in [-0.4, -0.2) is 29.8 Å². The number of nitrogens with one attached hydrogen (secondary N) is 1. The minimum absolute atomic E-state index is 0.0748. The predicted molar refractivity (Wildman–Crippen MR) is 93.2 cm³/mol. The summed E-state index contributed by atoms with van der Waals surface area (Å²) in [6.07, 6.45) is 1.51. The average Bonchev–Trinajstić information content (AvgIpc) is 2.59. The zero-order valence-electron chi connectivity index (χ0n) is 14.1. The first-order valence-electron chi connectivity index (χ1n) is 8.59. The third-order valence-corrected chi connectivity index (χ3v) is 4.68. The predicted octanol–water partition coefficient (Wildman–Crippen LogP) is 3.40. The van der Waals surface area contributed by atoms with Crippen LogP contribution in [0.4, 0.5) is 8.78 Å². The summed E-state index contributed by atoms with van der Waals surface area (Å²) in [6, 6.07) is 15.5. The van der Waals surface area contributed by atoms with Crippen LogP contribution in [0.5, 0.6) is 5.75 Å². The molecule has 0 radical (unpaired) electrons. The van der Waals surface area contributed by atoms with Crippen molar-refractivity contribution in [3.63, 3.8) is 0 Å². The van der Waals surface area contributed by atoms with Gasteiger partial charge in [-0.05, 0) is 42.9 Å². The summed E-state index contributed by atoms with van der Waals surface area (Å²) in [6.45, 7) is -2.99. The average molecular weight is 361 g/mol. The molecule has 0 saturated heterocycles. The lowest BCUT2D eigenvalue weighted by atomic mass is 9.75. The minimum atomic E-state index is -2.99. The van der Waals surface area contributed by atoms with Crippen molar-refractivity contribution in [1.29, 1.82) is 0 Å². The van der Waals surface area contributed by atoms with Gasteiger partial charge >= 0.3 is 6.61 Å². The van der Waals surface area contributed by atoms with E-state index in [9.17, 15) is 18.7 Å². The van der Waals surface area contributed by atoms with E-state index in [1.807, 2.05) is 30.3 Å². The number of alkyl halides is 2. The minimum Gasteiger partial charge on any atom is -0.434 e. The Morgan fingerprint density at radius 2 is 1.77 bits per heavy atom. The maximum atomic E-state index is 12.7. The number of hydrogen-bond acceptors (Lipinski definition) is 3. The summed E-state index contributed by atoms with van der Waals surface area (Å²) in [4.78, 5) is 12.7. The van der Waals surface area contributed by atoms with Crippen LogP contribution in [0.2, 0.25) is 0 Å². The molecule has 26 heavy (non-hydrogen) atoms. The molecule has 4 nitrogen and oxygen atoms in total. The van der Waals surface area contributed by atoms with Gasteiger partial charge in [-0.1, -0.05) is 42.5 Å². The maximum absolute atomic E-state index is 12.7. The first-order chi connectivity index (χ1) is 12.5. The number of hydrogen-bond donors (Lipinski definition) is 2. The Morgan fingerprint density at radius 1 is 1.12 bits per heavy atom. The lowest BCUT2D eigenvalue weighted by Crippen LogP contribution is -2.48. The first-order valence-corrected chi connectivity index (χ1v) is 8.59. The number of rotatable bonds is 7. The molecule has 3 rings (SSSR count). The highest BCUT2D eigenvalue weighted by Crippen LogP contribution is 2.32. The van der Waals surface area contributed by atoms with Crippen molar-refractivity contribution in [2.24, 2.45) is 5.92 Å². The monoisotopic (exact) mass is 361 g/mol. The molecule has 1 saturated carbocycles. The summed E-state index contributed by atoms with van der Waals surface area (Å²) in [5.41, 5.74) is 1.14. The molecule has 138 valence electrons. The quantitative estimate of drug-likeness (QED) is 0.795. The Bertz CT molecular complexity index is 733. The number of aliphatic hydroxyl groups is 1. The number of benzene rings is 2. The van der Waals surface area contributed by atoms with Gasteiger partial charge in [-0.3, -0.25) is 4.79 Å². The van der Waals surface area contributed by atoms with Crippen molar-refractivity contribution in [2.75, 3.05) is 0 Å². The summed E-state index contributed by atoms with van der Waals surface area (Å²) in [5, 5.41) is 12.6. The van der Waals surface area contributed by atoms with Crippen LogP contribution >= 0.6 is 0 Å². The van der Waals surface area contributed by atoms with Crippen molar-refractivity contribution in [2.45, 2.75) is 38.0 Å². The highest BCUT2D eigenvalue weighted by atomic mass is 19.3. The van der Waals surface area contributed by atoms with Crippen molar-refractivity contribution in [3.05, 3.63) is 65.7 Å². The van der Waals surface area contributed by atoms with E-state index in [0.717, 1.165) is 5.56 Å². The van der Waals surface area contributed by atoms with E-state index in [0.29, 0.717) is 19.3 Å². The number of halogens is 2. The molecule has 2 aromatic carbocycles. The van der Waals surface area contributed by atoms with Gasteiger partial charge in [-0.2, -0.15) is 8.78 Å². The molecule has 1 fully saturated rings. The van der Waals surface area contributed by atoms with Gasteiger partial charge in [-0.15, -0.1) is 0 Å². The zero-order chi connectivity index (χ0) is 18.5. The summed E-state index contributed by atoms with van der Waals surface area (Å²) < 4.78 is 29.6. The van der Waals surface area contributed by atoms with Crippen molar-refractivity contribution < 1.29 is 23.4 Å². The van der Waals surface area contributed by atoms with Crippen LogP contribution in [-0.2, 0) is 6.42 Å². The lowest BCUT2D eigenvalue weighted by Gasteiger charge is -2.38. The number of para-hydroxylation sites is 1. The molecule has 0 spiro atoms. The molecular formula is C20H21F2NO3. The van der Waals surface area contributed by atoms with Crippen molar-refractivity contribution in [3.8, 4) is 5.75 Å². The highest BCUT2D eigenvalue weighted by molar-refractivity contribution is 5.97. The topological polar surface area (TPSA) is 58.6 Å². The molecule has 0 bridgehead atoms. The Hall–Kier alpha value is -2.47. The Morgan fingerprint density at radius 3 is 2.42 bits per heavy atom. The molecule has 0 aromatic heterocycles. The molecule has 1 aliphatic carbocycles. The summed E-state index contributed by atoms with van der Waals surface area (Å²) in [7, 11) is 0. The van der Waals surface area contributed by atoms with Crippen LogP contribution in [0, 0.1) is 5.92 Å². The maximum Gasteiger partial charge on any atom is 0.387 e. The normalized spacial score (nSPS) is 20.3. The fourth-order valence-electron chi connectivity index (χ4n) is 3.26. The van der Waals surface area contributed by atoms with Crippen LogP contribution < -0.4 is 10.1 Å². The van der Waals surface area contributed by atoms with Crippen LogP contribution in [0.1, 0.15) is 28.8 Å². The molecule has 0 unspecified atom stereocenters. The molecule has 0 heterocycles. The van der Waals surface area contributed by atoms with Gasteiger partial charge in [0, 0.05) is 6.04 Å². The van der Waals surface area contributed by atoms with E-state index in [-0.39, 0.29) is 29.4 Å². The Kier molecular flexibility index (Phi) is 5.83. The van der Waals surface area contributed by atoms with Crippen molar-refractivity contribution >= 4 is 5.91 Å². The number of amides is 1. The van der Waals surface area contributed by atoms with Gasteiger partial charge in [0.05, 0.1) is 11.7 Å². The van der Waals surface area contributed by atoms with E-state index in [2.05, 4.69) is 10.1 Å². The first kappa shape index (κ1) is 18.3. The van der Waals surface area contributed by atoms with Crippen LogP contribution in [0.15, 0.2) is 54.6 Å². The third-order valence-electron chi connectivity index (χ3n) is 4.68. The SMILES string of the molecule is O=C(N[C@@H](Cc1ccccc1)C1CC(O)C1)c1ccccc1OC(F)F. The van der Waals surface area contributed by atoms with Gasteiger partial charge in [-0.25, -0.2) is 0 Å². The van der Waals surface area contributed by atoms with E-state index in [1.165, 1.54) is 18.2 Å². The van der Waals surface area contributed by atoms with Crippen LogP contribution in [0.25, 0.3) is 0 Å². The smallest absolute Gasteiger partial charge is 0.387 e. The second-order valence-corrected chi connectivity index (χ2v) is 6.53. The van der Waals surface area contributed by atoms with E-state index >= 15 is 0 Å². The summed E-state index contributed by atoms with van der Waals surface area (Å²) in [5.74, 6) is -0.451. The lowest BCUT2D eigenvalue weighted by molar-refractivity contribution is -0.0502. The van der Waals surface area contributed by atoms with E-state index in [4.69, 9.17) is 0 Å². The molecule has 0 aliphatic heterocycles. The molecule has 2 aromatic rings. The fourth-order valence-corrected chi connectivity index (χ4v) is 3.26. The molecular weight excluding hydrogens is 340 g/mol. The largest absolute Gasteiger partial charge is 0.434 e. The molecule has 1 atom stereocenters. The molecule has 6 heteroatoms. The number of aliphatic hydroxyl groups excluding tert-OH is 1. The van der Waals surface area contributed by atoms with Crippen LogP contribution in [0.3, 0.4) is 0 Å². The van der Waals surface area contributed by atoms with E-state index < -0.39 is 12.5 Å². The van der Waals surface area contributed by atoms with Gasteiger partial charge < -0.3 is 15.2 Å². The second kappa shape index (κ2) is 8.27. The number of carbonyl (C=O) groups is 1. The highest BCUT2D eigenvalue weighted by Gasteiger charge is 2.35. The van der Waals surface area contributed by atoms with Gasteiger partial charge in [0.1, 0.15) is 5.75 Å².